The normalized spacial score (nSPS) is 10.8. The number of fused-ring (bicyclic) bond motifs is 2. The number of halogens is 2. The number of carbonyl (C=O) groups is 2. The van der Waals surface area contributed by atoms with Crippen molar-refractivity contribution < 1.29 is 28.9 Å². The van der Waals surface area contributed by atoms with E-state index in [-0.39, 0.29) is 5.39 Å². The van der Waals surface area contributed by atoms with Gasteiger partial charge in [-0.2, -0.15) is 10.2 Å². The molecule has 6 aromatic rings. The predicted octanol–water partition coefficient (Wildman–Crippen LogP) is 6.21. The molecule has 14 heteroatoms. The Morgan fingerprint density at radius 1 is 0.800 bits per heavy atom. The van der Waals surface area contributed by atoms with Gasteiger partial charge in [0, 0.05) is 24.8 Å². The van der Waals surface area contributed by atoms with Crippen LogP contribution in [0.1, 0.15) is 40.7 Å². The second-order valence-corrected chi connectivity index (χ2v) is 11.6. The molecule has 0 saturated heterocycles. The summed E-state index contributed by atoms with van der Waals surface area (Å²) in [6, 6.07) is 22.5. The molecule has 0 spiro atoms. The van der Waals surface area contributed by atoms with Gasteiger partial charge in [0.25, 0.3) is 0 Å². The average molecular weight is 700 g/mol. The van der Waals surface area contributed by atoms with Crippen LogP contribution in [0.3, 0.4) is 0 Å². The van der Waals surface area contributed by atoms with Crippen molar-refractivity contribution in [2.24, 2.45) is 0 Å². The quantitative estimate of drug-likeness (QED) is 0.166. The van der Waals surface area contributed by atoms with E-state index in [1.165, 1.54) is 33.6 Å². The Balaban J connectivity index is 0.000000195. The van der Waals surface area contributed by atoms with Crippen LogP contribution in [0.5, 0.6) is 5.75 Å². The predicted molar refractivity (Wildman–Crippen MR) is 188 cm³/mol. The van der Waals surface area contributed by atoms with E-state index in [0.29, 0.717) is 50.9 Å². The van der Waals surface area contributed by atoms with Crippen LogP contribution in [-0.2, 0) is 0 Å². The number of unbranched alkanes of at least 4 members (excludes halogenated alkanes) is 1. The summed E-state index contributed by atoms with van der Waals surface area (Å²) in [4.78, 5) is 50.0. The first-order chi connectivity index (χ1) is 23.9. The molecular formula is C36H31ClFN5O7. The molecule has 0 aliphatic rings. The minimum atomic E-state index is -1.43. The van der Waals surface area contributed by atoms with Crippen LogP contribution in [0, 0.1) is 5.82 Å². The fourth-order valence-corrected chi connectivity index (χ4v) is 5.36. The molecular weight excluding hydrogens is 669 g/mol. The number of aromatic carboxylic acids is 2. The Bertz CT molecular complexity index is 2360. The maximum Gasteiger partial charge on any atom is 0.360 e. The number of rotatable bonds is 9. The maximum atomic E-state index is 13.2. The van der Waals surface area contributed by atoms with E-state index in [1.54, 1.807) is 79.7 Å². The van der Waals surface area contributed by atoms with Crippen molar-refractivity contribution in [3.8, 4) is 17.1 Å². The lowest BCUT2D eigenvalue weighted by atomic mass is 10.1. The zero-order chi connectivity index (χ0) is 36.1. The molecule has 0 saturated carbocycles. The van der Waals surface area contributed by atoms with E-state index in [0.717, 1.165) is 12.8 Å². The molecule has 0 bridgehead atoms. The first kappa shape index (κ1) is 35.2. The van der Waals surface area contributed by atoms with Gasteiger partial charge >= 0.3 is 11.9 Å². The summed E-state index contributed by atoms with van der Waals surface area (Å²) in [6.45, 7) is 2.43. The fourth-order valence-electron chi connectivity index (χ4n) is 5.18. The molecule has 6 rings (SSSR count). The Hall–Kier alpha value is -6.08. The first-order valence-electron chi connectivity index (χ1n) is 15.3. The molecule has 0 amide bonds. The second-order valence-electron chi connectivity index (χ2n) is 11.2. The van der Waals surface area contributed by atoms with Gasteiger partial charge in [-0.25, -0.2) is 23.3 Å². The van der Waals surface area contributed by atoms with Crippen LogP contribution in [-0.4, -0.2) is 62.4 Å². The first-order valence-corrected chi connectivity index (χ1v) is 15.7. The Kier molecular flexibility index (Phi) is 10.6. The van der Waals surface area contributed by atoms with E-state index in [4.69, 9.17) is 16.3 Å². The summed E-state index contributed by atoms with van der Waals surface area (Å²) in [5.41, 5.74) is 0.0657. The molecule has 256 valence electrons. The molecule has 4 aromatic carbocycles. The summed E-state index contributed by atoms with van der Waals surface area (Å²) < 4.78 is 21.7. The summed E-state index contributed by atoms with van der Waals surface area (Å²) in [7, 11) is 3.58. The maximum absolute atomic E-state index is 13.2. The summed E-state index contributed by atoms with van der Waals surface area (Å²) in [6.07, 6.45) is 1.73. The van der Waals surface area contributed by atoms with Gasteiger partial charge in [0.15, 0.2) is 0 Å². The lowest BCUT2D eigenvalue weighted by Gasteiger charge is -2.17. The van der Waals surface area contributed by atoms with Crippen molar-refractivity contribution in [2.75, 3.05) is 25.6 Å². The third-order valence-electron chi connectivity index (χ3n) is 7.53. The monoisotopic (exact) mass is 699 g/mol. The molecule has 0 aliphatic carbocycles. The Morgan fingerprint density at radius 3 is 1.94 bits per heavy atom. The van der Waals surface area contributed by atoms with Gasteiger partial charge in [-0.15, -0.1) is 0 Å². The van der Waals surface area contributed by atoms with Crippen LogP contribution in [0.25, 0.3) is 33.2 Å². The SMILES string of the molecule is CCCCOc1cccc2c1c(=O)c(C(=O)O)nn2-c1ccc(F)cc1.CN(C)c1cccc2c1c(=O)c(C(=O)O)nn2-c1cccc(Cl)c1. The number of aromatic nitrogens is 4. The van der Waals surface area contributed by atoms with Crippen LogP contribution in [0.15, 0.2) is 94.5 Å². The zero-order valence-corrected chi connectivity index (χ0v) is 27.9. The van der Waals surface area contributed by atoms with E-state index in [9.17, 15) is 33.8 Å². The van der Waals surface area contributed by atoms with Crippen molar-refractivity contribution >= 4 is 51.0 Å². The highest BCUT2D eigenvalue weighted by atomic mass is 35.5. The molecule has 0 aliphatic heterocycles. The highest BCUT2D eigenvalue weighted by Gasteiger charge is 2.22. The molecule has 2 heterocycles. The molecule has 0 fully saturated rings. The van der Waals surface area contributed by atoms with Gasteiger partial charge in [-0.3, -0.25) is 9.59 Å². The topological polar surface area (TPSA) is 157 Å². The van der Waals surface area contributed by atoms with Gasteiger partial charge in [0.2, 0.25) is 22.2 Å². The van der Waals surface area contributed by atoms with Gasteiger partial charge in [-0.05, 0) is 73.2 Å². The van der Waals surface area contributed by atoms with Crippen molar-refractivity contribution in [2.45, 2.75) is 19.8 Å². The lowest BCUT2D eigenvalue weighted by molar-refractivity contribution is 0.0676. The summed E-state index contributed by atoms with van der Waals surface area (Å²) in [5, 5.41) is 27.7. The van der Waals surface area contributed by atoms with Gasteiger partial charge < -0.3 is 19.8 Å². The molecule has 0 atom stereocenters. The van der Waals surface area contributed by atoms with Crippen LogP contribution < -0.4 is 20.5 Å². The third kappa shape index (κ3) is 7.17. The number of ether oxygens (including phenoxy) is 1. The van der Waals surface area contributed by atoms with Crippen LogP contribution in [0.4, 0.5) is 10.1 Å². The van der Waals surface area contributed by atoms with Crippen LogP contribution >= 0.6 is 11.6 Å². The van der Waals surface area contributed by atoms with Gasteiger partial charge in [-0.1, -0.05) is 43.1 Å². The van der Waals surface area contributed by atoms with Crippen molar-refractivity contribution in [1.82, 2.24) is 19.6 Å². The molecule has 0 unspecified atom stereocenters. The fraction of sp³-hybridized carbons (Fsp3) is 0.167. The molecule has 2 aromatic heterocycles. The lowest BCUT2D eigenvalue weighted by Crippen LogP contribution is -2.24. The average Bonchev–Trinajstić information content (AvgIpc) is 3.09. The summed E-state index contributed by atoms with van der Waals surface area (Å²) in [5.74, 6) is -2.93. The highest BCUT2D eigenvalue weighted by molar-refractivity contribution is 6.30. The van der Waals surface area contributed by atoms with Gasteiger partial charge in [0.1, 0.15) is 11.6 Å². The third-order valence-corrected chi connectivity index (χ3v) is 7.77. The van der Waals surface area contributed by atoms with Crippen LogP contribution in [0.2, 0.25) is 5.02 Å². The van der Waals surface area contributed by atoms with E-state index in [1.807, 2.05) is 6.92 Å². The van der Waals surface area contributed by atoms with E-state index in [2.05, 4.69) is 10.2 Å². The standard InChI is InChI=1S/C19H17FN2O4.C17H14ClN3O3/c1-2-3-11-26-15-6-4-5-14-16(15)18(23)17(19(24)25)21-22(14)13-9-7-12(20)8-10-13;1-20(2)12-7-4-8-13-14(12)16(22)15(17(23)24)19-21(13)11-6-3-5-10(18)9-11/h4-10H,2-3,11H2,1H3,(H,24,25);3-9H,1-2H3,(H,23,24). The van der Waals surface area contributed by atoms with E-state index < -0.39 is 40.0 Å². The zero-order valence-electron chi connectivity index (χ0n) is 27.1. The van der Waals surface area contributed by atoms with Crippen molar-refractivity contribution in [1.29, 1.82) is 0 Å². The number of nitrogens with zero attached hydrogens (tertiary/aromatic N) is 5. The van der Waals surface area contributed by atoms with Crippen molar-refractivity contribution in [3.05, 3.63) is 128 Å². The molecule has 50 heavy (non-hydrogen) atoms. The number of carboxylic acids is 2. The minimum Gasteiger partial charge on any atom is -0.493 e. The smallest absolute Gasteiger partial charge is 0.360 e. The second kappa shape index (κ2) is 15.0. The minimum absolute atomic E-state index is 0.139. The molecule has 2 N–H and O–H groups in total. The Labute approximate surface area is 289 Å². The number of anilines is 1. The number of carboxylic acid groups (broad SMARTS) is 2. The number of benzene rings is 4. The van der Waals surface area contributed by atoms with E-state index >= 15 is 0 Å². The number of hydrogen-bond donors (Lipinski definition) is 2. The molecule has 0 radical (unpaired) electrons. The number of hydrogen-bond acceptors (Lipinski definition) is 8. The Morgan fingerprint density at radius 2 is 1.36 bits per heavy atom. The van der Waals surface area contributed by atoms with Crippen molar-refractivity contribution in [3.63, 3.8) is 0 Å². The summed E-state index contributed by atoms with van der Waals surface area (Å²) >= 11 is 6.03. The largest absolute Gasteiger partial charge is 0.493 e. The molecule has 12 nitrogen and oxygen atoms in total. The highest BCUT2D eigenvalue weighted by Crippen LogP contribution is 2.27. The van der Waals surface area contributed by atoms with Gasteiger partial charge in [0.05, 0.1) is 39.8 Å².